The van der Waals surface area contributed by atoms with Crippen LogP contribution in [-0.2, 0) is 11.4 Å². The van der Waals surface area contributed by atoms with Gasteiger partial charge in [0, 0.05) is 13.1 Å². The maximum Gasteiger partial charge on any atom is 0.180 e. The minimum Gasteiger partial charge on any atom is -0.379 e. The Hall–Kier alpha value is -0.300. The van der Waals surface area contributed by atoms with Crippen LogP contribution < -0.4 is 0 Å². The van der Waals surface area contributed by atoms with Gasteiger partial charge in [-0.15, -0.1) is 0 Å². The van der Waals surface area contributed by atoms with Crippen molar-refractivity contribution in [1.29, 1.82) is 0 Å². The van der Waals surface area contributed by atoms with Crippen molar-refractivity contribution in [2.75, 3.05) is 26.3 Å². The van der Waals surface area contributed by atoms with Gasteiger partial charge in [0.15, 0.2) is 3.95 Å². The molecule has 0 saturated carbocycles. The molecular weight excluding hydrogens is 218 g/mol. The molecule has 0 spiro atoms. The molecule has 0 bridgehead atoms. The van der Waals surface area contributed by atoms with Crippen molar-refractivity contribution in [3.63, 3.8) is 0 Å². The van der Waals surface area contributed by atoms with Crippen LogP contribution in [0.4, 0.5) is 0 Å². The van der Waals surface area contributed by atoms with Crippen molar-refractivity contribution in [3.05, 3.63) is 8.96 Å². The maximum absolute atomic E-state index is 5.28. The van der Waals surface area contributed by atoms with E-state index in [-0.39, 0.29) is 0 Å². The molecule has 0 unspecified atom stereocenters. The van der Waals surface area contributed by atoms with E-state index in [0.717, 1.165) is 41.9 Å². The predicted molar refractivity (Wildman–Crippen MR) is 58.1 cm³/mol. The minimum absolute atomic E-state index is 0.798. The van der Waals surface area contributed by atoms with Crippen molar-refractivity contribution in [1.82, 2.24) is 14.7 Å². The van der Waals surface area contributed by atoms with Gasteiger partial charge in [-0.3, -0.25) is 4.90 Å². The summed E-state index contributed by atoms with van der Waals surface area (Å²) in [4.78, 5) is 2.30. The second kappa shape index (κ2) is 4.48. The topological polar surface area (TPSA) is 30.3 Å². The van der Waals surface area contributed by atoms with Crippen LogP contribution in [0.5, 0.6) is 0 Å². The van der Waals surface area contributed by atoms with Crippen molar-refractivity contribution >= 4 is 23.6 Å². The summed E-state index contributed by atoms with van der Waals surface area (Å²) < 4.78 is 8.02. The Morgan fingerprint density at radius 1 is 1.50 bits per heavy atom. The molecule has 1 aromatic heterocycles. The molecule has 6 heteroatoms. The molecule has 1 saturated heterocycles. The van der Waals surface area contributed by atoms with E-state index in [2.05, 4.69) is 10.00 Å². The number of hydrogen-bond donors (Lipinski definition) is 0. The Labute approximate surface area is 92.1 Å². The SMILES string of the molecule is Cc1nn(CN2CCOCC2)c(=S)s1. The number of hydrogen-bond acceptors (Lipinski definition) is 5. The molecule has 14 heavy (non-hydrogen) atoms. The Balaban J connectivity index is 2.02. The minimum atomic E-state index is 0.798. The Bertz CT molecular complexity index is 354. The van der Waals surface area contributed by atoms with Gasteiger partial charge in [0.2, 0.25) is 0 Å². The first-order valence-electron chi connectivity index (χ1n) is 4.60. The van der Waals surface area contributed by atoms with Gasteiger partial charge in [-0.05, 0) is 19.1 Å². The van der Waals surface area contributed by atoms with Crippen molar-refractivity contribution < 1.29 is 4.74 Å². The van der Waals surface area contributed by atoms with E-state index in [1.165, 1.54) is 0 Å². The third-order valence-corrected chi connectivity index (χ3v) is 3.37. The lowest BCUT2D eigenvalue weighted by Gasteiger charge is -2.26. The maximum atomic E-state index is 5.28. The van der Waals surface area contributed by atoms with Gasteiger partial charge in [0.05, 0.1) is 19.9 Å². The van der Waals surface area contributed by atoms with Crippen LogP contribution in [0.3, 0.4) is 0 Å². The molecule has 0 N–H and O–H groups in total. The summed E-state index contributed by atoms with van der Waals surface area (Å²) in [5.41, 5.74) is 0. The quantitative estimate of drug-likeness (QED) is 0.717. The third-order valence-electron chi connectivity index (χ3n) is 2.14. The summed E-state index contributed by atoms with van der Waals surface area (Å²) in [5, 5.41) is 5.38. The van der Waals surface area contributed by atoms with Gasteiger partial charge in [-0.1, -0.05) is 11.3 Å². The van der Waals surface area contributed by atoms with Crippen LogP contribution in [0, 0.1) is 10.9 Å². The van der Waals surface area contributed by atoms with E-state index >= 15 is 0 Å². The average Bonchev–Trinajstić information content (AvgIpc) is 2.47. The second-order valence-electron chi connectivity index (χ2n) is 3.26. The van der Waals surface area contributed by atoms with Crippen molar-refractivity contribution in [3.8, 4) is 0 Å². The molecule has 0 radical (unpaired) electrons. The van der Waals surface area contributed by atoms with E-state index in [0.29, 0.717) is 0 Å². The van der Waals surface area contributed by atoms with E-state index in [1.807, 2.05) is 11.6 Å². The van der Waals surface area contributed by atoms with Crippen molar-refractivity contribution in [2.24, 2.45) is 0 Å². The third kappa shape index (κ3) is 2.38. The van der Waals surface area contributed by atoms with Gasteiger partial charge < -0.3 is 4.74 Å². The summed E-state index contributed by atoms with van der Waals surface area (Å²) in [7, 11) is 0. The Kier molecular flexibility index (Phi) is 3.27. The zero-order valence-corrected chi connectivity index (χ0v) is 9.73. The van der Waals surface area contributed by atoms with Crippen LogP contribution in [0.25, 0.3) is 0 Å². The van der Waals surface area contributed by atoms with Crippen LogP contribution in [-0.4, -0.2) is 41.0 Å². The molecule has 1 fully saturated rings. The number of aromatic nitrogens is 2. The van der Waals surface area contributed by atoms with Crippen molar-refractivity contribution in [2.45, 2.75) is 13.6 Å². The average molecular weight is 231 g/mol. The summed E-state index contributed by atoms with van der Waals surface area (Å²) in [6.45, 7) is 6.35. The normalized spacial score (nSPS) is 18.6. The molecule has 1 aromatic rings. The first-order valence-corrected chi connectivity index (χ1v) is 5.83. The van der Waals surface area contributed by atoms with E-state index in [9.17, 15) is 0 Å². The van der Waals surface area contributed by atoms with Gasteiger partial charge in [0.1, 0.15) is 5.01 Å². The zero-order chi connectivity index (χ0) is 9.97. The van der Waals surface area contributed by atoms with E-state index in [4.69, 9.17) is 17.0 Å². The molecule has 1 aliphatic rings. The lowest BCUT2D eigenvalue weighted by atomic mass is 10.4. The molecule has 2 heterocycles. The zero-order valence-electron chi connectivity index (χ0n) is 8.10. The fourth-order valence-corrected chi connectivity index (χ4v) is 2.49. The highest BCUT2D eigenvalue weighted by Gasteiger charge is 2.11. The molecule has 78 valence electrons. The van der Waals surface area contributed by atoms with Crippen LogP contribution >= 0.6 is 23.6 Å². The number of aryl methyl sites for hydroxylation is 1. The lowest BCUT2D eigenvalue weighted by Crippen LogP contribution is -2.37. The first-order chi connectivity index (χ1) is 6.75. The van der Waals surface area contributed by atoms with Gasteiger partial charge in [0.25, 0.3) is 0 Å². The molecule has 0 amide bonds. The second-order valence-corrected chi connectivity index (χ2v) is 5.09. The van der Waals surface area contributed by atoms with Gasteiger partial charge >= 0.3 is 0 Å². The summed E-state index contributed by atoms with van der Waals surface area (Å²) in [5.74, 6) is 0. The van der Waals surface area contributed by atoms with Gasteiger partial charge in [-0.25, -0.2) is 4.68 Å². The molecule has 2 rings (SSSR count). The number of morpholine rings is 1. The number of ether oxygens (including phenoxy) is 1. The first kappa shape index (κ1) is 10.2. The smallest absolute Gasteiger partial charge is 0.180 e. The lowest BCUT2D eigenvalue weighted by molar-refractivity contribution is 0.0211. The molecule has 4 nitrogen and oxygen atoms in total. The highest BCUT2D eigenvalue weighted by Crippen LogP contribution is 2.08. The predicted octanol–water partition coefficient (Wildman–Crippen LogP) is 1.27. The summed E-state index contributed by atoms with van der Waals surface area (Å²) in [6, 6.07) is 0. The van der Waals surface area contributed by atoms with Gasteiger partial charge in [-0.2, -0.15) is 5.10 Å². The number of nitrogens with zero attached hydrogens (tertiary/aromatic N) is 3. The van der Waals surface area contributed by atoms with Crippen LogP contribution in [0.15, 0.2) is 0 Å². The standard InChI is InChI=1S/C8H13N3OS2/c1-7-9-11(8(13)14-7)6-10-2-4-12-5-3-10/h2-6H2,1H3. The highest BCUT2D eigenvalue weighted by atomic mass is 32.1. The largest absolute Gasteiger partial charge is 0.379 e. The van der Waals surface area contributed by atoms with Crippen LogP contribution in [0.1, 0.15) is 5.01 Å². The Morgan fingerprint density at radius 2 is 2.21 bits per heavy atom. The molecule has 1 aliphatic heterocycles. The Morgan fingerprint density at radius 3 is 2.79 bits per heavy atom. The molecule has 0 aromatic carbocycles. The molecule has 0 atom stereocenters. The fourth-order valence-electron chi connectivity index (χ4n) is 1.43. The fraction of sp³-hybridized carbons (Fsp3) is 0.750. The summed E-state index contributed by atoms with van der Waals surface area (Å²) in [6.07, 6.45) is 0. The summed E-state index contributed by atoms with van der Waals surface area (Å²) >= 11 is 6.77. The van der Waals surface area contributed by atoms with E-state index < -0.39 is 0 Å². The molecular formula is C8H13N3OS2. The number of rotatable bonds is 2. The molecule has 0 aliphatic carbocycles. The monoisotopic (exact) mass is 231 g/mol. The highest BCUT2D eigenvalue weighted by molar-refractivity contribution is 7.73. The van der Waals surface area contributed by atoms with Crippen LogP contribution in [0.2, 0.25) is 0 Å². The van der Waals surface area contributed by atoms with E-state index in [1.54, 1.807) is 11.3 Å².